The number of rotatable bonds is 3. The second kappa shape index (κ2) is 7.63. The summed E-state index contributed by atoms with van der Waals surface area (Å²) in [6.07, 6.45) is 6.69. The minimum Gasteiger partial charge on any atom is -0.497 e. The van der Waals surface area contributed by atoms with Crippen LogP contribution < -0.4 is 4.74 Å². The van der Waals surface area contributed by atoms with E-state index in [4.69, 9.17) is 4.74 Å². The second-order valence-corrected chi connectivity index (χ2v) is 6.76. The third kappa shape index (κ3) is 4.04. The maximum absolute atomic E-state index is 12.8. The van der Waals surface area contributed by atoms with Crippen LogP contribution in [0.25, 0.3) is 12.2 Å². The third-order valence-electron chi connectivity index (χ3n) is 4.14. The summed E-state index contributed by atoms with van der Waals surface area (Å²) in [5, 5.41) is 0. The van der Waals surface area contributed by atoms with E-state index in [1.807, 2.05) is 60.7 Å². The van der Waals surface area contributed by atoms with Gasteiger partial charge in [0.2, 0.25) is 0 Å². The molecule has 0 spiro atoms. The molecule has 3 rings (SSSR count). The number of methoxy groups -OCH3 is 1. The average Bonchev–Trinajstić information content (AvgIpc) is 2.61. The Balaban J connectivity index is 1.83. The maximum atomic E-state index is 12.8. The first-order valence-corrected chi connectivity index (χ1v) is 8.80. The van der Waals surface area contributed by atoms with E-state index in [2.05, 4.69) is 15.9 Å². The Labute approximate surface area is 151 Å². The van der Waals surface area contributed by atoms with E-state index in [0.29, 0.717) is 0 Å². The zero-order valence-electron chi connectivity index (χ0n) is 13.6. The van der Waals surface area contributed by atoms with E-state index >= 15 is 0 Å². The summed E-state index contributed by atoms with van der Waals surface area (Å²) in [6.45, 7) is 0. The summed E-state index contributed by atoms with van der Waals surface area (Å²) >= 11 is 3.43. The van der Waals surface area contributed by atoms with Gasteiger partial charge in [0.25, 0.3) is 0 Å². The van der Waals surface area contributed by atoms with Crippen molar-refractivity contribution in [2.24, 2.45) is 0 Å². The van der Waals surface area contributed by atoms with Crippen molar-refractivity contribution in [2.45, 2.75) is 19.3 Å². The largest absolute Gasteiger partial charge is 0.497 e. The summed E-state index contributed by atoms with van der Waals surface area (Å²) < 4.78 is 6.21. The van der Waals surface area contributed by atoms with Gasteiger partial charge in [-0.05, 0) is 66.8 Å². The van der Waals surface area contributed by atoms with Gasteiger partial charge in [-0.3, -0.25) is 4.79 Å². The van der Waals surface area contributed by atoms with Crippen molar-refractivity contribution < 1.29 is 9.53 Å². The smallest absolute Gasteiger partial charge is 0.185 e. The van der Waals surface area contributed by atoms with E-state index in [1.165, 1.54) is 0 Å². The molecule has 2 aromatic carbocycles. The number of hydrogen-bond donors (Lipinski definition) is 0. The molecule has 0 atom stereocenters. The Kier molecular flexibility index (Phi) is 5.31. The first kappa shape index (κ1) is 16.7. The van der Waals surface area contributed by atoms with Crippen molar-refractivity contribution in [1.82, 2.24) is 0 Å². The highest BCUT2D eigenvalue weighted by Crippen LogP contribution is 2.28. The van der Waals surface area contributed by atoms with Gasteiger partial charge in [0.1, 0.15) is 5.75 Å². The first-order valence-electron chi connectivity index (χ1n) is 8.01. The highest BCUT2D eigenvalue weighted by Gasteiger charge is 2.20. The minimum atomic E-state index is 0.167. The second-order valence-electron chi connectivity index (χ2n) is 5.85. The number of carbonyl (C=O) groups is 1. The molecule has 1 aliphatic carbocycles. The Morgan fingerprint density at radius 3 is 1.88 bits per heavy atom. The predicted octanol–water partition coefficient (Wildman–Crippen LogP) is 5.68. The zero-order chi connectivity index (χ0) is 16.9. The first-order chi connectivity index (χ1) is 11.7. The van der Waals surface area contributed by atoms with Crippen LogP contribution in [0.5, 0.6) is 5.75 Å². The topological polar surface area (TPSA) is 26.3 Å². The quantitative estimate of drug-likeness (QED) is 0.638. The minimum absolute atomic E-state index is 0.167. The predicted molar refractivity (Wildman–Crippen MR) is 102 cm³/mol. The molecule has 0 aliphatic heterocycles. The lowest BCUT2D eigenvalue weighted by atomic mass is 9.87. The third-order valence-corrected chi connectivity index (χ3v) is 4.67. The fourth-order valence-electron chi connectivity index (χ4n) is 2.84. The summed E-state index contributed by atoms with van der Waals surface area (Å²) in [4.78, 5) is 12.8. The van der Waals surface area contributed by atoms with Crippen LogP contribution in [-0.2, 0) is 4.79 Å². The van der Waals surface area contributed by atoms with Crippen molar-refractivity contribution in [3.63, 3.8) is 0 Å². The van der Waals surface area contributed by atoms with Gasteiger partial charge in [-0.25, -0.2) is 0 Å². The van der Waals surface area contributed by atoms with E-state index in [9.17, 15) is 4.79 Å². The Hall–Kier alpha value is -2.13. The van der Waals surface area contributed by atoms with Crippen LogP contribution in [0.2, 0.25) is 0 Å². The summed E-state index contributed by atoms with van der Waals surface area (Å²) in [7, 11) is 1.65. The average molecular weight is 383 g/mol. The van der Waals surface area contributed by atoms with Crippen molar-refractivity contribution in [3.05, 3.63) is 75.3 Å². The lowest BCUT2D eigenvalue weighted by Gasteiger charge is -2.16. The normalized spacial score (nSPS) is 18.2. The summed E-state index contributed by atoms with van der Waals surface area (Å²) in [5.74, 6) is 0.989. The molecule has 2 aromatic rings. The van der Waals surface area contributed by atoms with E-state index in [0.717, 1.165) is 51.8 Å². The maximum Gasteiger partial charge on any atom is 0.185 e. The Bertz CT molecular complexity index is 784. The van der Waals surface area contributed by atoms with Crippen LogP contribution in [0.4, 0.5) is 0 Å². The number of hydrogen-bond acceptors (Lipinski definition) is 2. The van der Waals surface area contributed by atoms with Crippen molar-refractivity contribution in [2.75, 3.05) is 7.11 Å². The molecule has 1 saturated carbocycles. The summed E-state index contributed by atoms with van der Waals surface area (Å²) in [6, 6.07) is 15.8. The van der Waals surface area contributed by atoms with Gasteiger partial charge in [-0.15, -0.1) is 0 Å². The lowest BCUT2D eigenvalue weighted by molar-refractivity contribution is -0.112. The number of halogens is 1. The molecule has 0 unspecified atom stereocenters. The lowest BCUT2D eigenvalue weighted by Crippen LogP contribution is -2.12. The molecule has 1 fully saturated rings. The molecule has 0 bridgehead atoms. The molecule has 0 amide bonds. The Morgan fingerprint density at radius 2 is 1.38 bits per heavy atom. The fraction of sp³-hybridized carbons (Fsp3) is 0.190. The zero-order valence-corrected chi connectivity index (χ0v) is 15.2. The van der Waals surface area contributed by atoms with Gasteiger partial charge in [0.15, 0.2) is 5.78 Å². The van der Waals surface area contributed by atoms with Gasteiger partial charge in [-0.1, -0.05) is 40.2 Å². The number of ether oxygens (including phenoxy) is 1. The standard InChI is InChI=1S/C21H19BrO2/c1-24-20-11-7-16(8-12-20)14-18-4-2-3-17(21(18)23)13-15-5-9-19(22)10-6-15/h5-14H,2-4H2,1H3/b17-13+,18-14+. The number of ketones is 1. The molecular weight excluding hydrogens is 364 g/mol. The van der Waals surface area contributed by atoms with Crippen LogP contribution in [0.1, 0.15) is 30.4 Å². The monoisotopic (exact) mass is 382 g/mol. The van der Waals surface area contributed by atoms with Crippen molar-refractivity contribution in [3.8, 4) is 5.75 Å². The van der Waals surface area contributed by atoms with Crippen LogP contribution in [-0.4, -0.2) is 12.9 Å². The van der Waals surface area contributed by atoms with Crippen molar-refractivity contribution in [1.29, 1.82) is 0 Å². The number of allylic oxidation sites excluding steroid dienone is 2. The van der Waals surface area contributed by atoms with Crippen LogP contribution in [0, 0.1) is 0 Å². The molecule has 0 saturated heterocycles. The van der Waals surface area contributed by atoms with Crippen molar-refractivity contribution >= 4 is 33.9 Å². The molecule has 1 aliphatic rings. The molecule has 0 aromatic heterocycles. The molecule has 2 nitrogen and oxygen atoms in total. The fourth-order valence-corrected chi connectivity index (χ4v) is 3.10. The van der Waals surface area contributed by atoms with Gasteiger partial charge >= 0.3 is 0 Å². The van der Waals surface area contributed by atoms with Gasteiger partial charge in [0.05, 0.1) is 7.11 Å². The van der Waals surface area contributed by atoms with Crippen LogP contribution in [0.3, 0.4) is 0 Å². The van der Waals surface area contributed by atoms with Gasteiger partial charge in [0, 0.05) is 15.6 Å². The highest BCUT2D eigenvalue weighted by atomic mass is 79.9. The van der Waals surface area contributed by atoms with Crippen LogP contribution >= 0.6 is 15.9 Å². The Morgan fingerprint density at radius 1 is 0.875 bits per heavy atom. The van der Waals surface area contributed by atoms with Crippen LogP contribution in [0.15, 0.2) is 64.1 Å². The van der Waals surface area contributed by atoms with Gasteiger partial charge in [-0.2, -0.15) is 0 Å². The molecule has 24 heavy (non-hydrogen) atoms. The van der Waals surface area contributed by atoms with Gasteiger partial charge < -0.3 is 4.74 Å². The SMILES string of the molecule is COc1ccc(/C=C2\CCC/C(=C\c3ccc(Br)cc3)C2=O)cc1. The molecule has 0 heterocycles. The number of benzene rings is 2. The van der Waals surface area contributed by atoms with E-state index in [-0.39, 0.29) is 5.78 Å². The molecule has 0 radical (unpaired) electrons. The molecular formula is C21H19BrO2. The number of Topliss-reactive ketones (excluding diaryl/α,β-unsaturated/α-hetero) is 1. The number of carbonyl (C=O) groups excluding carboxylic acids is 1. The van der Waals surface area contributed by atoms with E-state index in [1.54, 1.807) is 7.11 Å². The van der Waals surface area contributed by atoms with E-state index < -0.39 is 0 Å². The summed E-state index contributed by atoms with van der Waals surface area (Å²) in [5.41, 5.74) is 3.87. The molecule has 122 valence electrons. The highest BCUT2D eigenvalue weighted by molar-refractivity contribution is 9.10. The molecule has 0 N–H and O–H groups in total. The molecule has 3 heteroatoms.